The predicted molar refractivity (Wildman–Crippen MR) is 110 cm³/mol. The zero-order valence-corrected chi connectivity index (χ0v) is 17.5. The third-order valence-corrected chi connectivity index (χ3v) is 7.07. The van der Waals surface area contributed by atoms with Crippen molar-refractivity contribution in [3.8, 4) is 0 Å². The minimum Gasteiger partial charge on any atom is -0.365 e. The summed E-state index contributed by atoms with van der Waals surface area (Å²) in [6, 6.07) is 3.80. The summed E-state index contributed by atoms with van der Waals surface area (Å²) < 4.78 is 5.66. The molecule has 1 aliphatic carbocycles. The number of morpholine rings is 1. The standard InChI is InChI=1S/C21H31N3O3S/c1-15-2-5-19(28-15)21(26)22-10-18-13-24(20(25)14-27-18)12-17-6-8-23(9-7-17)11-16-3-4-16/h2,5,16-18H,3-4,6-14H2,1H3,(H,22,26)/t18-/m1/s1. The highest BCUT2D eigenvalue weighted by molar-refractivity contribution is 7.13. The number of nitrogens with zero attached hydrogens (tertiary/aromatic N) is 2. The lowest BCUT2D eigenvalue weighted by atomic mass is 9.95. The van der Waals surface area contributed by atoms with Crippen LogP contribution in [0.2, 0.25) is 0 Å². The lowest BCUT2D eigenvalue weighted by Crippen LogP contribution is -2.52. The second-order valence-corrected chi connectivity index (χ2v) is 9.83. The Balaban J connectivity index is 1.21. The molecule has 154 valence electrons. The molecule has 1 aromatic rings. The van der Waals surface area contributed by atoms with Crippen LogP contribution in [0.15, 0.2) is 12.1 Å². The van der Waals surface area contributed by atoms with E-state index >= 15 is 0 Å². The van der Waals surface area contributed by atoms with Gasteiger partial charge < -0.3 is 19.9 Å². The number of hydrogen-bond donors (Lipinski definition) is 1. The molecule has 0 spiro atoms. The van der Waals surface area contributed by atoms with Crippen molar-refractivity contribution in [2.75, 3.05) is 45.9 Å². The number of carbonyl (C=O) groups excluding carboxylic acids is 2. The molecule has 1 atom stereocenters. The van der Waals surface area contributed by atoms with Gasteiger partial charge in [-0.1, -0.05) is 0 Å². The quantitative estimate of drug-likeness (QED) is 0.755. The summed E-state index contributed by atoms with van der Waals surface area (Å²) in [5.41, 5.74) is 0. The van der Waals surface area contributed by atoms with Crippen molar-refractivity contribution < 1.29 is 14.3 Å². The highest BCUT2D eigenvalue weighted by atomic mass is 32.1. The molecule has 4 rings (SSSR count). The summed E-state index contributed by atoms with van der Waals surface area (Å²) in [6.07, 6.45) is 5.04. The Morgan fingerprint density at radius 3 is 2.61 bits per heavy atom. The van der Waals surface area contributed by atoms with Crippen molar-refractivity contribution in [3.63, 3.8) is 0 Å². The van der Waals surface area contributed by atoms with Gasteiger partial charge in [0.05, 0.1) is 11.0 Å². The zero-order valence-electron chi connectivity index (χ0n) is 16.7. The molecule has 0 aromatic carbocycles. The summed E-state index contributed by atoms with van der Waals surface area (Å²) in [7, 11) is 0. The molecule has 2 amide bonds. The van der Waals surface area contributed by atoms with Crippen molar-refractivity contribution in [1.82, 2.24) is 15.1 Å². The Hall–Kier alpha value is -1.44. The number of carbonyl (C=O) groups is 2. The van der Waals surface area contributed by atoms with Crippen molar-refractivity contribution >= 4 is 23.2 Å². The number of thiophene rings is 1. The van der Waals surface area contributed by atoms with Crippen LogP contribution in [0.4, 0.5) is 0 Å². The molecular weight excluding hydrogens is 374 g/mol. The van der Waals surface area contributed by atoms with Gasteiger partial charge in [0, 0.05) is 31.1 Å². The zero-order chi connectivity index (χ0) is 19.5. The van der Waals surface area contributed by atoms with E-state index in [1.165, 1.54) is 56.7 Å². The van der Waals surface area contributed by atoms with Crippen LogP contribution in [0, 0.1) is 18.8 Å². The van der Waals surface area contributed by atoms with E-state index in [2.05, 4.69) is 10.2 Å². The van der Waals surface area contributed by atoms with Gasteiger partial charge in [-0.15, -0.1) is 11.3 Å². The second-order valence-electron chi connectivity index (χ2n) is 8.54. The van der Waals surface area contributed by atoms with E-state index < -0.39 is 0 Å². The number of hydrogen-bond acceptors (Lipinski definition) is 5. The van der Waals surface area contributed by atoms with Crippen LogP contribution in [0.25, 0.3) is 0 Å². The van der Waals surface area contributed by atoms with E-state index in [1.807, 2.05) is 24.0 Å². The van der Waals surface area contributed by atoms with Gasteiger partial charge in [-0.05, 0) is 69.7 Å². The van der Waals surface area contributed by atoms with Crippen molar-refractivity contribution in [3.05, 3.63) is 21.9 Å². The molecule has 6 nitrogen and oxygen atoms in total. The molecule has 1 N–H and O–H groups in total. The minimum atomic E-state index is -0.127. The van der Waals surface area contributed by atoms with Crippen LogP contribution >= 0.6 is 11.3 Å². The van der Waals surface area contributed by atoms with Crippen LogP contribution in [0.5, 0.6) is 0 Å². The van der Waals surface area contributed by atoms with Gasteiger partial charge in [0.25, 0.3) is 5.91 Å². The highest BCUT2D eigenvalue weighted by Crippen LogP contribution is 2.31. The molecule has 2 aliphatic heterocycles. The number of rotatable bonds is 7. The smallest absolute Gasteiger partial charge is 0.261 e. The molecule has 7 heteroatoms. The molecule has 3 heterocycles. The molecule has 0 unspecified atom stereocenters. The van der Waals surface area contributed by atoms with Gasteiger partial charge in [-0.3, -0.25) is 9.59 Å². The molecule has 1 aromatic heterocycles. The first-order valence-electron chi connectivity index (χ1n) is 10.5. The predicted octanol–water partition coefficient (Wildman–Crippen LogP) is 2.14. The lowest BCUT2D eigenvalue weighted by molar-refractivity contribution is -0.149. The molecule has 3 fully saturated rings. The summed E-state index contributed by atoms with van der Waals surface area (Å²) in [4.78, 5) is 30.9. The Morgan fingerprint density at radius 2 is 1.93 bits per heavy atom. The van der Waals surface area contributed by atoms with Crippen molar-refractivity contribution in [1.29, 1.82) is 0 Å². The third kappa shape index (κ3) is 5.33. The maximum Gasteiger partial charge on any atom is 0.261 e. The van der Waals surface area contributed by atoms with Crippen molar-refractivity contribution in [2.45, 2.75) is 38.7 Å². The van der Waals surface area contributed by atoms with Gasteiger partial charge in [0.2, 0.25) is 5.91 Å². The number of piperidine rings is 1. The number of amides is 2. The largest absolute Gasteiger partial charge is 0.365 e. The van der Waals surface area contributed by atoms with E-state index in [9.17, 15) is 9.59 Å². The van der Waals surface area contributed by atoms with E-state index in [0.29, 0.717) is 19.0 Å². The van der Waals surface area contributed by atoms with Crippen LogP contribution in [0.3, 0.4) is 0 Å². The molecule has 1 saturated carbocycles. The molecule has 0 radical (unpaired) electrons. The number of aryl methyl sites for hydroxylation is 1. The fourth-order valence-corrected chi connectivity index (χ4v) is 4.94. The second kappa shape index (κ2) is 8.93. The van der Waals surface area contributed by atoms with E-state index in [1.54, 1.807) is 0 Å². The minimum absolute atomic E-state index is 0.0619. The molecule has 3 aliphatic rings. The summed E-state index contributed by atoms with van der Waals surface area (Å²) in [5.74, 6) is 1.55. The maximum absolute atomic E-state index is 12.3. The Labute approximate surface area is 171 Å². The molecule has 0 bridgehead atoms. The maximum atomic E-state index is 12.3. The summed E-state index contributed by atoms with van der Waals surface area (Å²) in [6.45, 7) is 7.57. The SMILES string of the molecule is Cc1ccc(C(=O)NC[C@@H]2CN(CC3CCN(CC4CC4)CC3)C(=O)CO2)s1. The van der Waals surface area contributed by atoms with E-state index in [-0.39, 0.29) is 24.5 Å². The van der Waals surface area contributed by atoms with Crippen LogP contribution in [-0.2, 0) is 9.53 Å². The molecule has 28 heavy (non-hydrogen) atoms. The summed E-state index contributed by atoms with van der Waals surface area (Å²) >= 11 is 1.49. The van der Waals surface area contributed by atoms with Gasteiger partial charge in [-0.25, -0.2) is 0 Å². The first kappa shape index (κ1) is 19.9. The van der Waals surface area contributed by atoms with E-state index in [4.69, 9.17) is 4.74 Å². The average Bonchev–Trinajstić information content (AvgIpc) is 3.40. The molecular formula is C21H31N3O3S. The topological polar surface area (TPSA) is 61.9 Å². The van der Waals surface area contributed by atoms with Gasteiger partial charge in [0.1, 0.15) is 6.61 Å². The number of nitrogens with one attached hydrogen (secondary N) is 1. The lowest BCUT2D eigenvalue weighted by Gasteiger charge is -2.38. The molecule has 2 saturated heterocycles. The van der Waals surface area contributed by atoms with Crippen LogP contribution < -0.4 is 5.32 Å². The van der Waals surface area contributed by atoms with Crippen molar-refractivity contribution in [2.24, 2.45) is 11.8 Å². The van der Waals surface area contributed by atoms with E-state index in [0.717, 1.165) is 22.2 Å². The third-order valence-electron chi connectivity index (χ3n) is 6.07. The normalized spacial score (nSPS) is 24.5. The number of ether oxygens (including phenoxy) is 1. The van der Waals surface area contributed by atoms with Crippen LogP contribution in [0.1, 0.15) is 40.2 Å². The van der Waals surface area contributed by atoms with Crippen LogP contribution in [-0.4, -0.2) is 73.6 Å². The first-order chi connectivity index (χ1) is 13.6. The summed E-state index contributed by atoms with van der Waals surface area (Å²) in [5, 5.41) is 2.95. The monoisotopic (exact) mass is 405 g/mol. The number of likely N-dealkylation sites (tertiary alicyclic amines) is 1. The fourth-order valence-electron chi connectivity index (χ4n) is 4.16. The van der Waals surface area contributed by atoms with Gasteiger partial charge in [-0.2, -0.15) is 0 Å². The average molecular weight is 406 g/mol. The fraction of sp³-hybridized carbons (Fsp3) is 0.714. The Bertz CT molecular complexity index is 695. The Kier molecular flexibility index (Phi) is 6.33. The van der Waals surface area contributed by atoms with Gasteiger partial charge >= 0.3 is 0 Å². The van der Waals surface area contributed by atoms with Gasteiger partial charge in [0.15, 0.2) is 0 Å². The highest BCUT2D eigenvalue weighted by Gasteiger charge is 2.31. The first-order valence-corrected chi connectivity index (χ1v) is 11.3. The Morgan fingerprint density at radius 1 is 1.18 bits per heavy atom.